The molecule has 0 radical (unpaired) electrons. The van der Waals surface area contributed by atoms with Crippen molar-refractivity contribution < 1.29 is 22.4 Å². The van der Waals surface area contributed by atoms with Crippen LogP contribution in [0.2, 0.25) is 0 Å². The fraction of sp³-hybridized carbons (Fsp3) is 0.368. The Bertz CT molecular complexity index is 821. The molecular formula is C19H28N2O5S. The van der Waals surface area contributed by atoms with Gasteiger partial charge in [-0.2, -0.15) is 8.42 Å². The van der Waals surface area contributed by atoms with Crippen molar-refractivity contribution in [2.24, 2.45) is 0 Å². The van der Waals surface area contributed by atoms with E-state index in [2.05, 4.69) is 30.9 Å². The number of ether oxygens (including phenoxy) is 2. The van der Waals surface area contributed by atoms with Gasteiger partial charge in [-0.25, -0.2) is 0 Å². The van der Waals surface area contributed by atoms with Crippen molar-refractivity contribution >= 4 is 21.5 Å². The van der Waals surface area contributed by atoms with Gasteiger partial charge in [0.05, 0.1) is 13.7 Å². The lowest BCUT2D eigenvalue weighted by atomic mass is 10.2. The van der Waals surface area contributed by atoms with Crippen molar-refractivity contribution in [3.05, 3.63) is 42.5 Å². The predicted octanol–water partition coefficient (Wildman–Crippen LogP) is 3.46. The second-order valence-corrected chi connectivity index (χ2v) is 6.88. The average Bonchev–Trinajstić information content (AvgIpc) is 2.64. The maximum Gasteiger partial charge on any atom is 0.298 e. The van der Waals surface area contributed by atoms with Crippen LogP contribution in [0.1, 0.15) is 20.8 Å². The number of nitrogens with zero attached hydrogens (tertiary/aromatic N) is 1. The van der Waals surface area contributed by atoms with E-state index in [1.807, 2.05) is 12.1 Å². The van der Waals surface area contributed by atoms with Crippen molar-refractivity contribution in [2.45, 2.75) is 25.7 Å². The van der Waals surface area contributed by atoms with Gasteiger partial charge in [-0.1, -0.05) is 6.07 Å². The van der Waals surface area contributed by atoms with Gasteiger partial charge in [-0.15, -0.1) is 0 Å². The fourth-order valence-corrected chi connectivity index (χ4v) is 3.06. The number of hydrogen-bond donors (Lipinski definition) is 2. The van der Waals surface area contributed by atoms with Crippen LogP contribution in [0.5, 0.6) is 11.5 Å². The average molecular weight is 397 g/mol. The molecule has 27 heavy (non-hydrogen) atoms. The second-order valence-electron chi connectivity index (χ2n) is 5.49. The second kappa shape index (κ2) is 10.6. The molecule has 3 N–H and O–H groups in total. The van der Waals surface area contributed by atoms with Crippen LogP contribution < -0.4 is 20.1 Å². The zero-order valence-corrected chi connectivity index (χ0v) is 17.0. The predicted molar refractivity (Wildman–Crippen MR) is 108 cm³/mol. The molecule has 2 rings (SSSR count). The first-order chi connectivity index (χ1) is 12.8. The highest BCUT2D eigenvalue weighted by Gasteiger charge is 2.16. The lowest BCUT2D eigenvalue weighted by Crippen LogP contribution is -2.21. The zero-order valence-electron chi connectivity index (χ0n) is 16.2. The number of nitrogens with two attached hydrogens (primary N) is 1. The Morgan fingerprint density at radius 3 is 2.26 bits per heavy atom. The molecule has 7 nitrogen and oxygen atoms in total. The molecule has 0 atom stereocenters. The highest BCUT2D eigenvalue weighted by atomic mass is 32.2. The first-order valence-corrected chi connectivity index (χ1v) is 10.1. The maximum atomic E-state index is 10.9. The topological polar surface area (TPSA) is 102 Å². The summed E-state index contributed by atoms with van der Waals surface area (Å²) in [7, 11) is -2.59. The fourth-order valence-electron chi connectivity index (χ4n) is 2.40. The quantitative estimate of drug-likeness (QED) is 0.546. The molecule has 0 bridgehead atoms. The standard InChI is InChI=1S/C11H17NO.C8H11NO4S/c1-4-12(5-2)10-7-6-8-11(9-10)13-3;1-2-13-7-4-3-6(9)5-8(7)14(10,11)12/h6-9H,4-5H2,1-3H3;3-5H,2,9H2,1H3,(H,10,11,12). The smallest absolute Gasteiger partial charge is 0.298 e. The van der Waals surface area contributed by atoms with Crippen LogP contribution >= 0.6 is 0 Å². The molecule has 150 valence electrons. The highest BCUT2D eigenvalue weighted by Crippen LogP contribution is 2.25. The van der Waals surface area contributed by atoms with Crippen LogP contribution in [-0.4, -0.2) is 39.8 Å². The molecule has 0 heterocycles. The minimum absolute atomic E-state index is 0.101. The highest BCUT2D eigenvalue weighted by molar-refractivity contribution is 7.86. The van der Waals surface area contributed by atoms with Gasteiger partial charge in [0, 0.05) is 30.5 Å². The maximum absolute atomic E-state index is 10.9. The number of methoxy groups -OCH3 is 1. The molecule has 0 saturated heterocycles. The lowest BCUT2D eigenvalue weighted by molar-refractivity contribution is 0.329. The van der Waals surface area contributed by atoms with E-state index in [0.717, 1.165) is 24.9 Å². The summed E-state index contributed by atoms with van der Waals surface area (Å²) in [5, 5.41) is 0. The summed E-state index contributed by atoms with van der Waals surface area (Å²) >= 11 is 0. The van der Waals surface area contributed by atoms with E-state index in [1.54, 1.807) is 14.0 Å². The van der Waals surface area contributed by atoms with Crippen molar-refractivity contribution in [1.82, 2.24) is 0 Å². The third-order valence-corrected chi connectivity index (χ3v) is 4.60. The number of hydrogen-bond acceptors (Lipinski definition) is 6. The van der Waals surface area contributed by atoms with Crippen molar-refractivity contribution in [2.75, 3.05) is 37.4 Å². The third-order valence-electron chi connectivity index (χ3n) is 3.73. The van der Waals surface area contributed by atoms with Gasteiger partial charge in [0.2, 0.25) is 0 Å². The summed E-state index contributed by atoms with van der Waals surface area (Å²) in [4.78, 5) is 1.99. The summed E-state index contributed by atoms with van der Waals surface area (Å²) in [5.74, 6) is 1.02. The lowest BCUT2D eigenvalue weighted by Gasteiger charge is -2.21. The van der Waals surface area contributed by atoms with Gasteiger partial charge in [-0.3, -0.25) is 4.55 Å². The normalized spacial score (nSPS) is 10.6. The minimum Gasteiger partial charge on any atom is -0.497 e. The van der Waals surface area contributed by atoms with E-state index in [1.165, 1.54) is 17.8 Å². The van der Waals surface area contributed by atoms with Crippen LogP contribution in [0, 0.1) is 0 Å². The molecule has 2 aromatic carbocycles. The Hall–Kier alpha value is -2.45. The zero-order chi connectivity index (χ0) is 20.4. The van der Waals surface area contributed by atoms with E-state index in [0.29, 0.717) is 6.61 Å². The molecule has 0 aromatic heterocycles. The molecule has 2 aromatic rings. The summed E-state index contributed by atoms with van der Waals surface area (Å²) in [6.07, 6.45) is 0. The Balaban J connectivity index is 0.000000271. The molecule has 0 unspecified atom stereocenters. The van der Waals surface area contributed by atoms with Crippen LogP contribution in [-0.2, 0) is 10.1 Å². The van der Waals surface area contributed by atoms with Gasteiger partial charge in [0.25, 0.3) is 10.1 Å². The number of benzene rings is 2. The molecule has 0 spiro atoms. The van der Waals surface area contributed by atoms with Crippen LogP contribution in [0.4, 0.5) is 11.4 Å². The summed E-state index contributed by atoms with van der Waals surface area (Å²) in [5.41, 5.74) is 6.87. The molecule has 0 amide bonds. The molecule has 0 aliphatic heterocycles. The molecule has 8 heteroatoms. The summed E-state index contributed by atoms with van der Waals surface area (Å²) < 4.78 is 40.9. The van der Waals surface area contributed by atoms with Crippen molar-refractivity contribution in [3.8, 4) is 11.5 Å². The van der Waals surface area contributed by atoms with Gasteiger partial charge < -0.3 is 20.1 Å². The molecule has 0 aliphatic rings. The Morgan fingerprint density at radius 1 is 1.07 bits per heavy atom. The SMILES string of the molecule is CCN(CC)c1cccc(OC)c1.CCOc1ccc(N)cc1S(=O)(=O)O. The van der Waals surface area contributed by atoms with Crippen molar-refractivity contribution in [3.63, 3.8) is 0 Å². The van der Waals surface area contributed by atoms with Crippen LogP contribution in [0.25, 0.3) is 0 Å². The van der Waals surface area contributed by atoms with Gasteiger partial charge in [-0.05, 0) is 51.1 Å². The Morgan fingerprint density at radius 2 is 1.74 bits per heavy atom. The first kappa shape index (κ1) is 22.6. The first-order valence-electron chi connectivity index (χ1n) is 8.65. The molecular weight excluding hydrogens is 368 g/mol. The Kier molecular flexibility index (Phi) is 8.90. The van der Waals surface area contributed by atoms with Crippen LogP contribution in [0.3, 0.4) is 0 Å². The summed E-state index contributed by atoms with van der Waals surface area (Å²) in [6.45, 7) is 8.40. The van der Waals surface area contributed by atoms with E-state index in [9.17, 15) is 8.42 Å². The minimum atomic E-state index is -4.28. The van der Waals surface area contributed by atoms with E-state index in [4.69, 9.17) is 19.8 Å². The van der Waals surface area contributed by atoms with Gasteiger partial charge in [0.1, 0.15) is 16.4 Å². The molecule has 0 saturated carbocycles. The molecule has 0 fully saturated rings. The molecule has 0 aliphatic carbocycles. The number of rotatable bonds is 7. The largest absolute Gasteiger partial charge is 0.497 e. The Labute approximate surface area is 161 Å². The van der Waals surface area contributed by atoms with E-state index in [-0.39, 0.29) is 16.3 Å². The van der Waals surface area contributed by atoms with Gasteiger partial charge >= 0.3 is 0 Å². The third kappa shape index (κ3) is 6.99. The number of nitrogen functional groups attached to an aromatic ring is 1. The number of anilines is 2. The monoisotopic (exact) mass is 396 g/mol. The van der Waals surface area contributed by atoms with Crippen LogP contribution in [0.15, 0.2) is 47.4 Å². The van der Waals surface area contributed by atoms with Gasteiger partial charge in [0.15, 0.2) is 0 Å². The van der Waals surface area contributed by atoms with E-state index < -0.39 is 10.1 Å². The summed E-state index contributed by atoms with van der Waals surface area (Å²) in [6, 6.07) is 12.2. The van der Waals surface area contributed by atoms with E-state index >= 15 is 0 Å². The van der Waals surface area contributed by atoms with Crippen molar-refractivity contribution in [1.29, 1.82) is 0 Å².